The van der Waals surface area contributed by atoms with E-state index in [2.05, 4.69) is 0 Å². The molecular formula is C18H31N. The van der Waals surface area contributed by atoms with E-state index in [9.17, 15) is 0 Å². The van der Waals surface area contributed by atoms with Gasteiger partial charge in [0.1, 0.15) is 0 Å². The van der Waals surface area contributed by atoms with Crippen molar-refractivity contribution in [1.82, 2.24) is 0 Å². The maximum Gasteiger partial charge on any atom is -0.00744 e. The Morgan fingerprint density at radius 2 is 1.42 bits per heavy atom. The van der Waals surface area contributed by atoms with Crippen LogP contribution < -0.4 is 5.73 Å². The monoisotopic (exact) mass is 261 g/mol. The molecule has 5 aliphatic carbocycles. The molecule has 0 saturated heterocycles. The molecule has 1 atom stereocenters. The van der Waals surface area contributed by atoms with Gasteiger partial charge in [-0.3, -0.25) is 0 Å². The van der Waals surface area contributed by atoms with Crippen molar-refractivity contribution in [2.24, 2.45) is 47.2 Å². The van der Waals surface area contributed by atoms with Crippen molar-refractivity contribution in [2.45, 2.75) is 64.2 Å². The van der Waals surface area contributed by atoms with Crippen LogP contribution in [0.3, 0.4) is 0 Å². The second kappa shape index (κ2) is 5.06. The van der Waals surface area contributed by atoms with Crippen molar-refractivity contribution in [3.63, 3.8) is 0 Å². The Bertz CT molecular complexity index is 290. The van der Waals surface area contributed by atoms with Gasteiger partial charge in [-0.05, 0) is 86.5 Å². The van der Waals surface area contributed by atoms with E-state index in [1.165, 1.54) is 32.1 Å². The van der Waals surface area contributed by atoms with E-state index in [0.717, 1.165) is 48.0 Å². The van der Waals surface area contributed by atoms with E-state index < -0.39 is 0 Å². The molecule has 0 aliphatic heterocycles. The van der Waals surface area contributed by atoms with Crippen molar-refractivity contribution >= 4 is 0 Å². The van der Waals surface area contributed by atoms with Crippen LogP contribution in [0, 0.1) is 41.4 Å². The molecular weight excluding hydrogens is 230 g/mol. The van der Waals surface area contributed by atoms with E-state index in [-0.39, 0.29) is 0 Å². The summed E-state index contributed by atoms with van der Waals surface area (Å²) in [5, 5.41) is 0. The second-order valence-electron chi connectivity index (χ2n) is 8.29. The third-order valence-corrected chi connectivity index (χ3v) is 7.30. The highest BCUT2D eigenvalue weighted by Gasteiger charge is 2.51. The number of rotatable bonds is 4. The normalized spacial score (nSPS) is 46.9. The van der Waals surface area contributed by atoms with Crippen LogP contribution in [0.4, 0.5) is 0 Å². The van der Waals surface area contributed by atoms with Crippen LogP contribution in [0.1, 0.15) is 64.2 Å². The molecule has 0 amide bonds. The van der Waals surface area contributed by atoms with E-state index >= 15 is 0 Å². The standard InChI is InChI=1S/C18H31N/c19-6-5-17(14-3-1-2-4-14)18-15-8-12-7-13(10-15)11-16(18)9-12/h12-18H,1-11,19H2. The molecule has 1 unspecified atom stereocenters. The molecule has 5 fully saturated rings. The summed E-state index contributed by atoms with van der Waals surface area (Å²) >= 11 is 0. The Labute approximate surface area is 118 Å². The third kappa shape index (κ3) is 2.17. The minimum atomic E-state index is 0.934. The molecule has 2 N–H and O–H groups in total. The Morgan fingerprint density at radius 3 is 1.95 bits per heavy atom. The molecule has 5 saturated carbocycles. The van der Waals surface area contributed by atoms with Crippen molar-refractivity contribution in [1.29, 1.82) is 0 Å². The fourth-order valence-electron chi connectivity index (χ4n) is 6.99. The lowest BCUT2D eigenvalue weighted by Gasteiger charge is -2.57. The van der Waals surface area contributed by atoms with E-state index in [0.29, 0.717) is 0 Å². The number of hydrogen-bond acceptors (Lipinski definition) is 1. The zero-order chi connectivity index (χ0) is 12.8. The molecule has 5 aliphatic rings. The van der Waals surface area contributed by atoms with Gasteiger partial charge in [-0.2, -0.15) is 0 Å². The minimum Gasteiger partial charge on any atom is -0.330 e. The summed E-state index contributed by atoms with van der Waals surface area (Å²) in [6.07, 6.45) is 15.3. The van der Waals surface area contributed by atoms with Gasteiger partial charge in [0.25, 0.3) is 0 Å². The molecule has 0 spiro atoms. The van der Waals surface area contributed by atoms with Crippen LogP contribution in [0.5, 0.6) is 0 Å². The number of nitrogens with two attached hydrogens (primary N) is 1. The van der Waals surface area contributed by atoms with E-state index in [1.807, 2.05) is 0 Å². The van der Waals surface area contributed by atoms with Gasteiger partial charge in [-0.15, -0.1) is 0 Å². The van der Waals surface area contributed by atoms with Gasteiger partial charge < -0.3 is 5.73 Å². The maximum absolute atomic E-state index is 5.99. The minimum absolute atomic E-state index is 0.934. The largest absolute Gasteiger partial charge is 0.330 e. The molecule has 4 bridgehead atoms. The van der Waals surface area contributed by atoms with Crippen LogP contribution in [-0.2, 0) is 0 Å². The average molecular weight is 261 g/mol. The van der Waals surface area contributed by atoms with E-state index in [4.69, 9.17) is 5.73 Å². The summed E-state index contributed by atoms with van der Waals surface area (Å²) in [6.45, 7) is 0.934. The third-order valence-electron chi connectivity index (χ3n) is 7.30. The molecule has 0 aromatic rings. The lowest BCUT2D eigenvalue weighted by molar-refractivity contribution is -0.0738. The van der Waals surface area contributed by atoms with Gasteiger partial charge in [0, 0.05) is 0 Å². The average Bonchev–Trinajstić information content (AvgIpc) is 2.89. The molecule has 0 radical (unpaired) electrons. The Morgan fingerprint density at radius 1 is 0.842 bits per heavy atom. The summed E-state index contributed by atoms with van der Waals surface area (Å²) < 4.78 is 0. The first-order valence-corrected chi connectivity index (χ1v) is 9.05. The van der Waals surface area contributed by atoms with Crippen LogP contribution in [0.2, 0.25) is 0 Å². The Balaban J connectivity index is 1.55. The van der Waals surface area contributed by atoms with Crippen LogP contribution >= 0.6 is 0 Å². The van der Waals surface area contributed by atoms with Crippen molar-refractivity contribution in [3.8, 4) is 0 Å². The van der Waals surface area contributed by atoms with Crippen molar-refractivity contribution < 1.29 is 0 Å². The fourth-order valence-corrected chi connectivity index (χ4v) is 6.99. The molecule has 1 heteroatoms. The Kier molecular flexibility index (Phi) is 3.38. The smallest absolute Gasteiger partial charge is 0.00744 e. The van der Waals surface area contributed by atoms with Gasteiger partial charge in [-0.1, -0.05) is 25.7 Å². The van der Waals surface area contributed by atoms with Crippen LogP contribution in [0.15, 0.2) is 0 Å². The number of hydrogen-bond donors (Lipinski definition) is 1. The summed E-state index contributed by atoms with van der Waals surface area (Å²) in [5.74, 6) is 7.59. The first-order valence-electron chi connectivity index (χ1n) is 9.05. The van der Waals surface area contributed by atoms with Crippen LogP contribution in [0.25, 0.3) is 0 Å². The quantitative estimate of drug-likeness (QED) is 0.806. The predicted octanol–water partition coefficient (Wildman–Crippen LogP) is 4.21. The predicted molar refractivity (Wildman–Crippen MR) is 79.7 cm³/mol. The van der Waals surface area contributed by atoms with Crippen molar-refractivity contribution in [3.05, 3.63) is 0 Å². The van der Waals surface area contributed by atoms with Crippen LogP contribution in [-0.4, -0.2) is 6.54 Å². The van der Waals surface area contributed by atoms with Gasteiger partial charge in [0.15, 0.2) is 0 Å². The molecule has 5 rings (SSSR count). The zero-order valence-electron chi connectivity index (χ0n) is 12.4. The SMILES string of the molecule is NCCC(C1CCCC1)C1C2CC3CC(C2)CC1C3. The lowest BCUT2D eigenvalue weighted by Crippen LogP contribution is -2.49. The summed E-state index contributed by atoms with van der Waals surface area (Å²) in [5.41, 5.74) is 5.99. The maximum atomic E-state index is 5.99. The fraction of sp³-hybridized carbons (Fsp3) is 1.00. The zero-order valence-corrected chi connectivity index (χ0v) is 12.4. The molecule has 19 heavy (non-hydrogen) atoms. The van der Waals surface area contributed by atoms with Gasteiger partial charge in [0.05, 0.1) is 0 Å². The highest BCUT2D eigenvalue weighted by Crippen LogP contribution is 2.60. The highest BCUT2D eigenvalue weighted by atomic mass is 14.6. The topological polar surface area (TPSA) is 26.0 Å². The lowest BCUT2D eigenvalue weighted by atomic mass is 9.48. The second-order valence-corrected chi connectivity index (χ2v) is 8.29. The Hall–Kier alpha value is -0.0400. The van der Waals surface area contributed by atoms with Gasteiger partial charge in [-0.25, -0.2) is 0 Å². The molecule has 0 heterocycles. The summed E-state index contributed by atoms with van der Waals surface area (Å²) in [6, 6.07) is 0. The summed E-state index contributed by atoms with van der Waals surface area (Å²) in [4.78, 5) is 0. The molecule has 1 nitrogen and oxygen atoms in total. The van der Waals surface area contributed by atoms with E-state index in [1.54, 1.807) is 32.1 Å². The highest BCUT2D eigenvalue weighted by molar-refractivity contribution is 5.01. The van der Waals surface area contributed by atoms with Crippen molar-refractivity contribution in [2.75, 3.05) is 6.54 Å². The first kappa shape index (κ1) is 12.7. The summed E-state index contributed by atoms with van der Waals surface area (Å²) in [7, 11) is 0. The molecule has 0 aromatic carbocycles. The van der Waals surface area contributed by atoms with Gasteiger partial charge >= 0.3 is 0 Å². The first-order chi connectivity index (χ1) is 9.35. The van der Waals surface area contributed by atoms with Gasteiger partial charge in [0.2, 0.25) is 0 Å². The molecule has 108 valence electrons. The molecule has 0 aromatic heterocycles.